The minimum absolute atomic E-state index is 0.0551. The van der Waals surface area contributed by atoms with Gasteiger partial charge in [0.1, 0.15) is 22.6 Å². The largest absolute Gasteiger partial charge is 0.507 e. The number of hydrogen-bond donors (Lipinski definition) is 2. The second-order valence-electron chi connectivity index (χ2n) is 6.43. The number of nitrogens with zero attached hydrogens (tertiary/aromatic N) is 3. The number of aliphatic imine (C=N–C) groups is 1. The molecule has 9 heteroatoms. The van der Waals surface area contributed by atoms with Crippen LogP contribution in [0.1, 0.15) is 39.7 Å². The lowest BCUT2D eigenvalue weighted by Gasteiger charge is -2.25. The molecule has 142 valence electrons. The van der Waals surface area contributed by atoms with Crippen molar-refractivity contribution in [2.75, 3.05) is 0 Å². The topological polar surface area (TPSA) is 124 Å². The highest BCUT2D eigenvalue weighted by atomic mass is 35.5. The molecule has 1 amide bonds. The minimum atomic E-state index is -0.713. The van der Waals surface area contributed by atoms with Gasteiger partial charge in [-0.3, -0.25) is 4.79 Å². The van der Waals surface area contributed by atoms with Crippen LogP contribution in [0.15, 0.2) is 50.7 Å². The number of aromatic nitrogens is 2. The average Bonchev–Trinajstić information content (AvgIpc) is 3.04. The van der Waals surface area contributed by atoms with Gasteiger partial charge in [-0.15, -0.1) is 0 Å². The van der Waals surface area contributed by atoms with Gasteiger partial charge in [0, 0.05) is 17.5 Å². The summed E-state index contributed by atoms with van der Waals surface area (Å²) in [5.74, 6) is -0.461. The monoisotopic (exact) mass is 398 g/mol. The first-order valence-corrected chi connectivity index (χ1v) is 8.77. The van der Waals surface area contributed by atoms with E-state index in [1.165, 1.54) is 12.3 Å². The molecule has 1 aromatic carbocycles. The molecule has 4 rings (SSSR count). The molecule has 8 nitrogen and oxygen atoms in total. The summed E-state index contributed by atoms with van der Waals surface area (Å²) in [6, 6.07) is 8.08. The standard InChI is InChI=1S/C19H15ClN4O4/c1-9-5-15(25)16(19(27)28-9)13-7-14(10-3-2-4-11(20)6-10)24-18(23-13)12(8-22-24)17(21)26/h2-6,8,14,25H,7H2,1H3,(H2,21,26)/t14-/m0/s1. The van der Waals surface area contributed by atoms with E-state index in [0.29, 0.717) is 5.02 Å². The van der Waals surface area contributed by atoms with E-state index in [1.807, 2.05) is 6.07 Å². The van der Waals surface area contributed by atoms with Crippen molar-refractivity contribution >= 4 is 29.0 Å². The van der Waals surface area contributed by atoms with Crippen molar-refractivity contribution in [3.8, 4) is 5.75 Å². The van der Waals surface area contributed by atoms with Gasteiger partial charge in [0.2, 0.25) is 0 Å². The lowest BCUT2D eigenvalue weighted by Crippen LogP contribution is -2.25. The summed E-state index contributed by atoms with van der Waals surface area (Å²) in [5, 5.41) is 15.1. The van der Waals surface area contributed by atoms with Crippen LogP contribution < -0.4 is 11.4 Å². The third-order valence-corrected chi connectivity index (χ3v) is 4.77. The molecule has 3 aromatic rings. The van der Waals surface area contributed by atoms with Crippen LogP contribution in [0.3, 0.4) is 0 Å². The predicted octanol–water partition coefficient (Wildman–Crippen LogP) is 2.72. The molecule has 0 unspecified atom stereocenters. The Balaban J connectivity index is 1.94. The highest BCUT2D eigenvalue weighted by Crippen LogP contribution is 2.37. The molecule has 1 aliphatic heterocycles. The zero-order chi connectivity index (χ0) is 20.0. The molecule has 28 heavy (non-hydrogen) atoms. The Labute approximate surface area is 163 Å². The fraction of sp³-hybridized carbons (Fsp3) is 0.158. The van der Waals surface area contributed by atoms with Gasteiger partial charge in [-0.05, 0) is 24.6 Å². The normalized spacial score (nSPS) is 15.8. The molecule has 0 aliphatic carbocycles. The summed E-state index contributed by atoms with van der Waals surface area (Å²) >= 11 is 6.13. The smallest absolute Gasteiger partial charge is 0.348 e. The molecule has 3 heterocycles. The molecular formula is C19H15ClN4O4. The second kappa shape index (κ2) is 6.65. The maximum atomic E-state index is 12.4. The maximum Gasteiger partial charge on any atom is 0.348 e. The van der Waals surface area contributed by atoms with Crippen LogP contribution in [-0.2, 0) is 0 Å². The fourth-order valence-corrected chi connectivity index (χ4v) is 3.50. The van der Waals surface area contributed by atoms with E-state index in [0.717, 1.165) is 5.56 Å². The predicted molar refractivity (Wildman–Crippen MR) is 103 cm³/mol. The summed E-state index contributed by atoms with van der Waals surface area (Å²) in [6.07, 6.45) is 1.56. The van der Waals surface area contributed by atoms with Crippen molar-refractivity contribution in [1.82, 2.24) is 9.78 Å². The third-order valence-electron chi connectivity index (χ3n) is 4.53. The molecule has 0 bridgehead atoms. The highest BCUT2D eigenvalue weighted by molar-refractivity contribution is 6.30. The van der Waals surface area contributed by atoms with Gasteiger partial charge < -0.3 is 15.3 Å². The first-order chi connectivity index (χ1) is 13.3. The van der Waals surface area contributed by atoms with Crippen LogP contribution in [0.25, 0.3) is 0 Å². The van der Waals surface area contributed by atoms with Gasteiger partial charge in [-0.25, -0.2) is 14.5 Å². The first-order valence-electron chi connectivity index (χ1n) is 8.39. The molecule has 0 saturated heterocycles. The van der Waals surface area contributed by atoms with E-state index < -0.39 is 17.6 Å². The minimum Gasteiger partial charge on any atom is -0.507 e. The number of hydrogen-bond acceptors (Lipinski definition) is 6. The third kappa shape index (κ3) is 2.97. The summed E-state index contributed by atoms with van der Waals surface area (Å²) in [4.78, 5) is 28.6. The Morgan fingerprint density at radius 1 is 1.39 bits per heavy atom. The Kier molecular flexibility index (Phi) is 4.27. The number of amides is 1. The lowest BCUT2D eigenvalue weighted by molar-refractivity contribution is 0.100. The SMILES string of the molecule is Cc1cc(O)c(C2=Nc3c(C(N)=O)cnn3[C@H](c3cccc(Cl)c3)C2)c(=O)o1. The molecule has 1 atom stereocenters. The Hall–Kier alpha value is -3.39. The van der Waals surface area contributed by atoms with E-state index in [2.05, 4.69) is 10.1 Å². The Bertz CT molecular complexity index is 1190. The molecule has 0 saturated carbocycles. The van der Waals surface area contributed by atoms with Crippen molar-refractivity contribution < 1.29 is 14.3 Å². The second-order valence-corrected chi connectivity index (χ2v) is 6.87. The van der Waals surface area contributed by atoms with Crippen LogP contribution in [0.4, 0.5) is 5.82 Å². The van der Waals surface area contributed by atoms with E-state index in [1.54, 1.807) is 29.8 Å². The van der Waals surface area contributed by atoms with E-state index >= 15 is 0 Å². The van der Waals surface area contributed by atoms with Gasteiger partial charge in [0.25, 0.3) is 5.91 Å². The van der Waals surface area contributed by atoms with E-state index in [9.17, 15) is 14.7 Å². The number of carbonyl (C=O) groups is 1. The van der Waals surface area contributed by atoms with Gasteiger partial charge >= 0.3 is 5.63 Å². The number of halogens is 1. The lowest BCUT2D eigenvalue weighted by atomic mass is 9.96. The number of fused-ring (bicyclic) bond motifs is 1. The highest BCUT2D eigenvalue weighted by Gasteiger charge is 2.31. The van der Waals surface area contributed by atoms with Crippen molar-refractivity contribution in [2.45, 2.75) is 19.4 Å². The van der Waals surface area contributed by atoms with Gasteiger partial charge in [0.05, 0.1) is 18.0 Å². The molecular weight excluding hydrogens is 384 g/mol. The van der Waals surface area contributed by atoms with Crippen LogP contribution in [-0.4, -0.2) is 26.5 Å². The van der Waals surface area contributed by atoms with Gasteiger partial charge in [-0.1, -0.05) is 23.7 Å². The number of primary amides is 1. The van der Waals surface area contributed by atoms with Gasteiger partial charge in [-0.2, -0.15) is 5.10 Å². The molecule has 0 radical (unpaired) electrons. The van der Waals surface area contributed by atoms with Gasteiger partial charge in [0.15, 0.2) is 5.82 Å². The zero-order valence-electron chi connectivity index (χ0n) is 14.7. The molecule has 3 N–H and O–H groups in total. The summed E-state index contributed by atoms with van der Waals surface area (Å²) in [7, 11) is 0. The zero-order valence-corrected chi connectivity index (χ0v) is 15.5. The van der Waals surface area contributed by atoms with Crippen molar-refractivity contribution in [1.29, 1.82) is 0 Å². The summed E-state index contributed by atoms with van der Waals surface area (Å²) < 4.78 is 6.68. The first kappa shape index (κ1) is 18.0. The number of aromatic hydroxyl groups is 1. The number of rotatable bonds is 3. The van der Waals surface area contributed by atoms with Crippen LogP contribution in [0.5, 0.6) is 5.75 Å². The van der Waals surface area contributed by atoms with Crippen molar-refractivity contribution in [2.24, 2.45) is 10.7 Å². The Morgan fingerprint density at radius 2 is 2.18 bits per heavy atom. The number of carbonyl (C=O) groups excluding carboxylic acids is 1. The van der Waals surface area contributed by atoms with Crippen LogP contribution >= 0.6 is 11.6 Å². The molecule has 0 fully saturated rings. The van der Waals surface area contributed by atoms with Crippen LogP contribution in [0, 0.1) is 6.92 Å². The number of aryl methyl sites for hydroxylation is 1. The van der Waals surface area contributed by atoms with Crippen LogP contribution in [0.2, 0.25) is 5.02 Å². The number of benzene rings is 1. The molecule has 2 aromatic heterocycles. The quantitative estimate of drug-likeness (QED) is 0.701. The van der Waals surface area contributed by atoms with Crippen molar-refractivity contribution in [3.63, 3.8) is 0 Å². The van der Waals surface area contributed by atoms with Crippen molar-refractivity contribution in [3.05, 3.63) is 74.4 Å². The average molecular weight is 399 g/mol. The molecule has 1 aliphatic rings. The molecule has 0 spiro atoms. The number of nitrogens with two attached hydrogens (primary N) is 1. The van der Waals surface area contributed by atoms with E-state index in [-0.39, 0.29) is 40.6 Å². The maximum absolute atomic E-state index is 12.4. The Morgan fingerprint density at radius 3 is 2.86 bits per heavy atom. The van der Waals surface area contributed by atoms with E-state index in [4.69, 9.17) is 21.8 Å². The summed E-state index contributed by atoms with van der Waals surface area (Å²) in [5.41, 5.74) is 5.86. The summed E-state index contributed by atoms with van der Waals surface area (Å²) in [6.45, 7) is 1.56. The fourth-order valence-electron chi connectivity index (χ4n) is 3.30.